The van der Waals surface area contributed by atoms with E-state index in [0.29, 0.717) is 41.9 Å². The minimum Gasteiger partial charge on any atom is -0.478 e. The maximum Gasteiger partial charge on any atom is 0.347 e. The summed E-state index contributed by atoms with van der Waals surface area (Å²) < 4.78 is 30.3. The predicted octanol–water partition coefficient (Wildman–Crippen LogP) is 5.78. The van der Waals surface area contributed by atoms with Gasteiger partial charge in [0.2, 0.25) is 0 Å². The summed E-state index contributed by atoms with van der Waals surface area (Å²) in [7, 11) is 0. The second kappa shape index (κ2) is 11.6. The van der Waals surface area contributed by atoms with Gasteiger partial charge in [-0.1, -0.05) is 32.0 Å². The number of pyridine rings is 1. The molecule has 0 spiro atoms. The number of rotatable bonds is 6. The predicted molar refractivity (Wildman–Crippen MR) is 167 cm³/mol. The summed E-state index contributed by atoms with van der Waals surface area (Å²) in [5.41, 5.74) is -1.26. The molecule has 1 aliphatic heterocycles. The van der Waals surface area contributed by atoms with Crippen LogP contribution in [0.4, 0.5) is 0 Å². The smallest absolute Gasteiger partial charge is 0.347 e. The topological polar surface area (TPSA) is 131 Å². The number of aromatic nitrogens is 1. The molecule has 240 valence electrons. The lowest BCUT2D eigenvalue weighted by Crippen LogP contribution is -2.66. The van der Waals surface area contributed by atoms with Gasteiger partial charge < -0.3 is 23.4 Å². The van der Waals surface area contributed by atoms with Crippen LogP contribution in [0.3, 0.4) is 0 Å². The highest BCUT2D eigenvalue weighted by Crippen LogP contribution is 2.65. The fourth-order valence-corrected chi connectivity index (χ4v) is 7.84. The van der Waals surface area contributed by atoms with Gasteiger partial charge in [-0.15, -0.1) is 0 Å². The van der Waals surface area contributed by atoms with Gasteiger partial charge in [-0.2, -0.15) is 0 Å². The molecule has 1 aromatic carbocycles. The fourth-order valence-electron chi connectivity index (χ4n) is 7.84. The van der Waals surface area contributed by atoms with Gasteiger partial charge in [-0.3, -0.25) is 14.6 Å². The summed E-state index contributed by atoms with van der Waals surface area (Å²) in [6.07, 6.45) is 5.00. The van der Waals surface area contributed by atoms with Gasteiger partial charge in [0.05, 0.1) is 5.56 Å². The molecule has 10 nitrogen and oxygen atoms in total. The Bertz CT molecular complexity index is 1770. The normalized spacial score (nSPS) is 29.5. The van der Waals surface area contributed by atoms with Crippen LogP contribution in [0.25, 0.3) is 17.4 Å². The molecule has 46 heavy (non-hydrogen) atoms. The highest BCUT2D eigenvalue weighted by atomic mass is 16.6. The quantitative estimate of drug-likeness (QED) is 0.245. The van der Waals surface area contributed by atoms with Crippen LogP contribution >= 0.6 is 0 Å². The Hall–Kier alpha value is -4.73. The lowest BCUT2D eigenvalue weighted by molar-refractivity contribution is -0.197. The molecule has 0 bridgehead atoms. The Labute approximate surface area is 266 Å². The molecule has 0 amide bonds. The van der Waals surface area contributed by atoms with E-state index in [1.807, 2.05) is 26.0 Å². The molecule has 6 atom stereocenters. The van der Waals surface area contributed by atoms with Gasteiger partial charge in [0.1, 0.15) is 35.9 Å². The third-order valence-electron chi connectivity index (χ3n) is 10.1. The van der Waals surface area contributed by atoms with Crippen molar-refractivity contribution >= 4 is 24.0 Å². The van der Waals surface area contributed by atoms with Crippen molar-refractivity contribution in [1.29, 1.82) is 0 Å². The van der Waals surface area contributed by atoms with Crippen molar-refractivity contribution in [2.45, 2.75) is 71.7 Å². The largest absolute Gasteiger partial charge is 0.478 e. The molecule has 0 saturated heterocycles. The summed E-state index contributed by atoms with van der Waals surface area (Å²) in [6.45, 7) is 8.59. The van der Waals surface area contributed by atoms with Crippen LogP contribution in [0.5, 0.6) is 5.75 Å². The molecular formula is C36H37NO9. The standard InChI is InChI=1S/C36H37NO9/c1-21(38)42-20-35(4)28-18-31(45-32(40)23-10-7-6-8-11-23)36(5)29(34(28,3)14-13-30(35)43-22(2)39)16-25-27(46-36)17-26(44-33(25)41)24-12-9-15-37-19-24/h6-12,15-17,19,28,30-31H,13-14,18,20H2,1-5H3/t28-,30+,31+,34+,35+,36+/m1/s1. The molecule has 0 radical (unpaired) electrons. The number of esters is 3. The zero-order chi connectivity index (χ0) is 32.9. The second-order valence-corrected chi connectivity index (χ2v) is 13.1. The molecule has 2 aliphatic carbocycles. The van der Waals surface area contributed by atoms with Crippen LogP contribution in [0, 0.1) is 16.7 Å². The minimum atomic E-state index is -1.18. The highest BCUT2D eigenvalue weighted by Gasteiger charge is 2.66. The molecule has 6 rings (SSSR count). The van der Waals surface area contributed by atoms with Crippen LogP contribution < -0.4 is 10.4 Å². The number of hydrogen-bond donors (Lipinski definition) is 0. The summed E-state index contributed by atoms with van der Waals surface area (Å²) in [4.78, 5) is 55.6. The monoisotopic (exact) mass is 627 g/mol. The number of carbonyl (C=O) groups excluding carboxylic acids is 3. The summed E-state index contributed by atoms with van der Waals surface area (Å²) >= 11 is 0. The van der Waals surface area contributed by atoms with Crippen LogP contribution in [0.2, 0.25) is 0 Å². The molecule has 0 unspecified atom stereocenters. The van der Waals surface area contributed by atoms with Crippen LogP contribution in [0.15, 0.2) is 75.7 Å². The Balaban J connectivity index is 1.51. The average Bonchev–Trinajstić information content (AvgIpc) is 3.02. The van der Waals surface area contributed by atoms with Crippen molar-refractivity contribution in [2.75, 3.05) is 6.61 Å². The van der Waals surface area contributed by atoms with Gasteiger partial charge >= 0.3 is 23.5 Å². The Kier molecular flexibility index (Phi) is 7.86. The Morgan fingerprint density at radius 3 is 2.41 bits per heavy atom. The molecule has 2 fully saturated rings. The van der Waals surface area contributed by atoms with E-state index in [2.05, 4.69) is 11.9 Å². The van der Waals surface area contributed by atoms with E-state index < -0.39 is 52.2 Å². The van der Waals surface area contributed by atoms with Crippen molar-refractivity contribution in [1.82, 2.24) is 4.98 Å². The molecule has 3 aliphatic rings. The first kappa shape index (κ1) is 31.3. The number of nitrogens with zero attached hydrogens (tertiary/aromatic N) is 1. The van der Waals surface area contributed by atoms with E-state index in [4.69, 9.17) is 23.4 Å². The van der Waals surface area contributed by atoms with Gasteiger partial charge in [0.15, 0.2) is 5.60 Å². The van der Waals surface area contributed by atoms with E-state index >= 15 is 0 Å². The molecule has 2 saturated carbocycles. The molecular weight excluding hydrogens is 590 g/mol. The molecule has 3 heterocycles. The van der Waals surface area contributed by atoms with Gasteiger partial charge in [0.25, 0.3) is 0 Å². The maximum absolute atomic E-state index is 13.6. The zero-order valence-electron chi connectivity index (χ0n) is 26.5. The van der Waals surface area contributed by atoms with Gasteiger partial charge in [-0.05, 0) is 73.4 Å². The first-order valence-electron chi connectivity index (χ1n) is 15.4. The first-order chi connectivity index (χ1) is 21.8. The number of carbonyl (C=O) groups is 3. The lowest BCUT2D eigenvalue weighted by atomic mass is 9.45. The lowest BCUT2D eigenvalue weighted by Gasteiger charge is -2.63. The van der Waals surface area contributed by atoms with E-state index in [-0.39, 0.29) is 18.1 Å². The van der Waals surface area contributed by atoms with Crippen molar-refractivity contribution < 1.29 is 37.7 Å². The third-order valence-corrected chi connectivity index (χ3v) is 10.1. The minimum absolute atomic E-state index is 0.0159. The number of benzene rings is 1. The van der Waals surface area contributed by atoms with Crippen molar-refractivity contribution in [3.05, 3.63) is 88.0 Å². The molecule has 0 N–H and O–H groups in total. The van der Waals surface area contributed by atoms with Gasteiger partial charge in [-0.25, -0.2) is 9.59 Å². The van der Waals surface area contributed by atoms with E-state index in [1.54, 1.807) is 54.9 Å². The highest BCUT2D eigenvalue weighted by molar-refractivity contribution is 5.89. The molecule has 2 aromatic heterocycles. The number of ether oxygens (including phenoxy) is 4. The summed E-state index contributed by atoms with van der Waals surface area (Å²) in [5, 5.41) is 0. The summed E-state index contributed by atoms with van der Waals surface area (Å²) in [6, 6.07) is 13.9. The first-order valence-corrected chi connectivity index (χ1v) is 15.4. The van der Waals surface area contributed by atoms with Crippen molar-refractivity contribution in [3.8, 4) is 17.1 Å². The van der Waals surface area contributed by atoms with E-state index in [1.165, 1.54) is 13.8 Å². The third kappa shape index (κ3) is 5.29. The summed E-state index contributed by atoms with van der Waals surface area (Å²) in [5.74, 6) is -1.14. The maximum atomic E-state index is 13.6. The van der Waals surface area contributed by atoms with Crippen LogP contribution in [0.1, 0.15) is 69.8 Å². The zero-order valence-corrected chi connectivity index (χ0v) is 26.5. The average molecular weight is 628 g/mol. The molecule has 10 heteroatoms. The van der Waals surface area contributed by atoms with Crippen LogP contribution in [-0.2, 0) is 23.8 Å². The van der Waals surface area contributed by atoms with Crippen molar-refractivity contribution in [2.24, 2.45) is 16.7 Å². The van der Waals surface area contributed by atoms with Crippen molar-refractivity contribution in [3.63, 3.8) is 0 Å². The van der Waals surface area contributed by atoms with E-state index in [0.717, 1.165) is 5.57 Å². The Morgan fingerprint density at radius 2 is 1.74 bits per heavy atom. The number of hydrogen-bond acceptors (Lipinski definition) is 10. The van der Waals surface area contributed by atoms with E-state index in [9.17, 15) is 19.2 Å². The Morgan fingerprint density at radius 1 is 0.978 bits per heavy atom. The SMILES string of the molecule is CC(=O)OC[C@]1(C)[C@@H](OC(C)=O)CC[C@]2(C)C3=Cc4c(cc(-c5cccnc5)oc4=O)O[C@]3(C)[C@@H](OC(=O)c3ccccc3)C[C@@H]12. The second-order valence-electron chi connectivity index (χ2n) is 13.1. The number of fused-ring (bicyclic) bond motifs is 4. The van der Waals surface area contributed by atoms with Gasteiger partial charge in [0, 0.05) is 43.3 Å². The fraction of sp³-hybridized carbons (Fsp3) is 0.417. The molecule has 3 aromatic rings. The van der Waals surface area contributed by atoms with Crippen LogP contribution in [-0.4, -0.2) is 47.3 Å².